The van der Waals surface area contributed by atoms with E-state index in [9.17, 15) is 4.79 Å². The minimum atomic E-state index is -0.360. The van der Waals surface area contributed by atoms with E-state index in [1.54, 1.807) is 41.4 Å². The molecule has 6 nitrogen and oxygen atoms in total. The maximum absolute atomic E-state index is 12.5. The zero-order valence-electron chi connectivity index (χ0n) is 16.1. The highest BCUT2D eigenvalue weighted by atomic mass is 32.2. The van der Waals surface area contributed by atoms with Crippen LogP contribution in [0.1, 0.15) is 34.6 Å². The number of hydrazone groups is 1. The number of carbonyl (C=O) groups is 1. The lowest BCUT2D eigenvalue weighted by atomic mass is 10.1. The van der Waals surface area contributed by atoms with Crippen molar-refractivity contribution in [3.8, 4) is 17.2 Å². The van der Waals surface area contributed by atoms with Crippen LogP contribution in [0.3, 0.4) is 0 Å². The van der Waals surface area contributed by atoms with Crippen molar-refractivity contribution in [3.63, 3.8) is 0 Å². The molecule has 0 aliphatic rings. The maximum atomic E-state index is 12.5. The number of hydrogen-bond acceptors (Lipinski definition) is 7. The van der Waals surface area contributed by atoms with Crippen LogP contribution in [0, 0.1) is 0 Å². The average molecular weight is 409 g/mol. The summed E-state index contributed by atoms with van der Waals surface area (Å²) in [4.78, 5) is 13.8. The predicted octanol–water partition coefficient (Wildman–Crippen LogP) is 4.21. The average Bonchev–Trinajstić information content (AvgIpc) is 3.08. The molecule has 0 saturated carbocycles. The fourth-order valence-electron chi connectivity index (χ4n) is 2.39. The van der Waals surface area contributed by atoms with Crippen LogP contribution in [-0.2, 0) is 6.42 Å². The van der Waals surface area contributed by atoms with Gasteiger partial charge in [0.25, 0.3) is 5.91 Å². The Morgan fingerprint density at radius 2 is 1.81 bits per heavy atom. The number of thioether (sulfide) groups is 1. The van der Waals surface area contributed by atoms with Crippen molar-refractivity contribution in [2.75, 3.05) is 27.1 Å². The van der Waals surface area contributed by atoms with Gasteiger partial charge in [0.2, 0.25) is 5.75 Å². The molecular formula is C19H24N2O4S2. The number of nitrogens with one attached hydrogen (secondary N) is 1. The smallest absolute Gasteiger partial charge is 0.271 e. The van der Waals surface area contributed by atoms with Gasteiger partial charge < -0.3 is 14.2 Å². The number of hydrogen-bond donors (Lipinski definition) is 1. The summed E-state index contributed by atoms with van der Waals surface area (Å²) in [5.41, 5.74) is 3.95. The number of carbonyl (C=O) groups excluding carboxylic acids is 1. The number of ether oxygens (including phenoxy) is 3. The summed E-state index contributed by atoms with van der Waals surface area (Å²) >= 11 is 3.54. The topological polar surface area (TPSA) is 69.2 Å². The first-order valence-electron chi connectivity index (χ1n) is 8.46. The lowest BCUT2D eigenvalue weighted by Gasteiger charge is -2.13. The van der Waals surface area contributed by atoms with Gasteiger partial charge in [-0.15, -0.1) is 23.1 Å². The number of aryl methyl sites for hydroxylation is 1. The largest absolute Gasteiger partial charge is 0.493 e. The fourth-order valence-corrected chi connectivity index (χ4v) is 4.63. The molecule has 1 aromatic carbocycles. The minimum absolute atomic E-state index is 0.360. The maximum Gasteiger partial charge on any atom is 0.271 e. The lowest BCUT2D eigenvalue weighted by Crippen LogP contribution is -2.18. The van der Waals surface area contributed by atoms with Crippen molar-refractivity contribution in [3.05, 3.63) is 34.2 Å². The molecule has 2 rings (SSSR count). The van der Waals surface area contributed by atoms with E-state index in [1.807, 2.05) is 0 Å². The van der Waals surface area contributed by atoms with Gasteiger partial charge in [-0.2, -0.15) is 5.10 Å². The first-order valence-corrected chi connectivity index (χ1v) is 10.3. The third-order valence-corrected chi connectivity index (χ3v) is 6.18. The Kier molecular flexibility index (Phi) is 7.99. The SMILES string of the molecule is CCSc1sc(CC)cc1C=NNC(=O)c1cc(OC)c(OC)c(OC)c1. The van der Waals surface area contributed by atoms with E-state index in [0.29, 0.717) is 22.8 Å². The molecule has 0 bridgehead atoms. The van der Waals surface area contributed by atoms with Gasteiger partial charge in [-0.25, -0.2) is 5.43 Å². The van der Waals surface area contributed by atoms with Crippen molar-refractivity contribution >= 4 is 35.2 Å². The number of thiophene rings is 1. The zero-order valence-corrected chi connectivity index (χ0v) is 17.8. The van der Waals surface area contributed by atoms with Crippen molar-refractivity contribution in [1.29, 1.82) is 0 Å². The highest BCUT2D eigenvalue weighted by molar-refractivity contribution is 8.01. The van der Waals surface area contributed by atoms with Gasteiger partial charge in [-0.05, 0) is 30.4 Å². The number of rotatable bonds is 9. The van der Waals surface area contributed by atoms with Crippen LogP contribution in [0.15, 0.2) is 27.5 Å². The molecular weight excluding hydrogens is 384 g/mol. The molecule has 0 aliphatic heterocycles. The van der Waals surface area contributed by atoms with Gasteiger partial charge in [-0.1, -0.05) is 13.8 Å². The Labute approximate surface area is 167 Å². The van der Waals surface area contributed by atoms with Crippen molar-refractivity contribution < 1.29 is 19.0 Å². The Morgan fingerprint density at radius 1 is 1.15 bits per heavy atom. The molecule has 0 saturated heterocycles. The first kappa shape index (κ1) is 21.1. The van der Waals surface area contributed by atoms with Gasteiger partial charge >= 0.3 is 0 Å². The molecule has 2 aromatic rings. The highest BCUT2D eigenvalue weighted by Crippen LogP contribution is 2.38. The Balaban J connectivity index is 2.18. The van der Waals surface area contributed by atoms with Crippen LogP contribution in [-0.4, -0.2) is 39.2 Å². The second kappa shape index (κ2) is 10.2. The Hall–Kier alpha value is -2.19. The minimum Gasteiger partial charge on any atom is -0.493 e. The molecule has 0 spiro atoms. The third-order valence-electron chi connectivity index (χ3n) is 3.70. The molecule has 1 aromatic heterocycles. The second-order valence-corrected chi connectivity index (χ2v) is 8.02. The molecule has 27 heavy (non-hydrogen) atoms. The summed E-state index contributed by atoms with van der Waals surface area (Å²) < 4.78 is 17.0. The van der Waals surface area contributed by atoms with Crippen LogP contribution in [0.5, 0.6) is 17.2 Å². The van der Waals surface area contributed by atoms with Crippen LogP contribution >= 0.6 is 23.1 Å². The molecule has 0 fully saturated rings. The predicted molar refractivity (Wildman–Crippen MR) is 111 cm³/mol. The summed E-state index contributed by atoms with van der Waals surface area (Å²) in [6.45, 7) is 4.24. The van der Waals surface area contributed by atoms with E-state index in [2.05, 4.69) is 30.4 Å². The number of benzene rings is 1. The molecule has 1 amide bonds. The van der Waals surface area contributed by atoms with Gasteiger partial charge in [0.15, 0.2) is 11.5 Å². The third kappa shape index (κ3) is 5.17. The molecule has 8 heteroatoms. The van der Waals surface area contributed by atoms with Gasteiger partial charge in [0.05, 0.1) is 31.8 Å². The van der Waals surface area contributed by atoms with Gasteiger partial charge in [-0.3, -0.25) is 4.79 Å². The van der Waals surface area contributed by atoms with E-state index in [0.717, 1.165) is 17.7 Å². The lowest BCUT2D eigenvalue weighted by molar-refractivity contribution is 0.0954. The van der Waals surface area contributed by atoms with E-state index >= 15 is 0 Å². The molecule has 0 unspecified atom stereocenters. The summed E-state index contributed by atoms with van der Waals surface area (Å²) in [6, 6.07) is 5.28. The van der Waals surface area contributed by atoms with Gasteiger partial charge in [0.1, 0.15) is 0 Å². The summed E-state index contributed by atoms with van der Waals surface area (Å²) in [5.74, 6) is 1.89. The van der Waals surface area contributed by atoms with E-state index in [-0.39, 0.29) is 5.91 Å². The van der Waals surface area contributed by atoms with Gasteiger partial charge in [0, 0.05) is 16.0 Å². The Bertz CT molecular complexity index is 793. The Morgan fingerprint density at radius 3 is 2.33 bits per heavy atom. The van der Waals surface area contributed by atoms with Crippen LogP contribution in [0.2, 0.25) is 0 Å². The monoisotopic (exact) mass is 408 g/mol. The second-order valence-electron chi connectivity index (χ2n) is 5.36. The van der Waals surface area contributed by atoms with Crippen LogP contribution in [0.25, 0.3) is 0 Å². The normalized spacial score (nSPS) is 10.9. The molecule has 1 N–H and O–H groups in total. The highest BCUT2D eigenvalue weighted by Gasteiger charge is 2.16. The van der Waals surface area contributed by atoms with E-state index in [4.69, 9.17) is 14.2 Å². The first-order chi connectivity index (χ1) is 13.1. The van der Waals surface area contributed by atoms with E-state index < -0.39 is 0 Å². The quantitative estimate of drug-likeness (QED) is 0.382. The molecule has 0 atom stereocenters. The number of nitrogens with zero attached hydrogens (tertiary/aromatic N) is 1. The van der Waals surface area contributed by atoms with E-state index in [1.165, 1.54) is 30.4 Å². The molecule has 1 heterocycles. The standard InChI is InChI=1S/C19H24N2O4S2/c1-6-14-8-13(19(27-14)26-7-2)11-20-21-18(22)12-9-15(23-3)17(25-5)16(10-12)24-4/h8-11H,6-7H2,1-5H3,(H,21,22). The summed E-state index contributed by atoms with van der Waals surface area (Å²) in [5, 5.41) is 4.12. The van der Waals surface area contributed by atoms with Crippen molar-refractivity contribution in [2.45, 2.75) is 24.5 Å². The summed E-state index contributed by atoms with van der Waals surface area (Å²) in [6.07, 6.45) is 2.66. The van der Waals surface area contributed by atoms with Crippen LogP contribution in [0.4, 0.5) is 0 Å². The number of amides is 1. The fraction of sp³-hybridized carbons (Fsp3) is 0.368. The molecule has 0 radical (unpaired) electrons. The van der Waals surface area contributed by atoms with Crippen LogP contribution < -0.4 is 19.6 Å². The molecule has 0 aliphatic carbocycles. The molecule has 146 valence electrons. The zero-order chi connectivity index (χ0) is 19.8. The van der Waals surface area contributed by atoms with Crippen molar-refractivity contribution in [1.82, 2.24) is 5.43 Å². The van der Waals surface area contributed by atoms with Crippen molar-refractivity contribution in [2.24, 2.45) is 5.10 Å². The number of methoxy groups -OCH3 is 3. The summed E-state index contributed by atoms with van der Waals surface area (Å²) in [7, 11) is 4.53.